The van der Waals surface area contributed by atoms with Gasteiger partial charge in [0.25, 0.3) is 5.91 Å². The Morgan fingerprint density at radius 3 is 3.14 bits per heavy atom. The molecule has 5 nitrogen and oxygen atoms in total. The second-order valence-corrected chi connectivity index (χ2v) is 6.65. The van der Waals surface area contributed by atoms with E-state index in [4.69, 9.17) is 4.42 Å². The van der Waals surface area contributed by atoms with Gasteiger partial charge in [-0.25, -0.2) is 4.98 Å². The lowest BCUT2D eigenvalue weighted by atomic mass is 10.0. The molecule has 6 heteroatoms. The molecule has 112 valence electrons. The van der Waals surface area contributed by atoms with Gasteiger partial charge >= 0.3 is 0 Å². The fourth-order valence-electron chi connectivity index (χ4n) is 2.63. The molecule has 2 aromatic heterocycles. The van der Waals surface area contributed by atoms with Crippen molar-refractivity contribution in [2.24, 2.45) is 0 Å². The van der Waals surface area contributed by atoms with E-state index in [1.165, 1.54) is 11.3 Å². The van der Waals surface area contributed by atoms with Gasteiger partial charge in [0.1, 0.15) is 5.69 Å². The number of carbonyl (C=O) groups excluding carboxylic acids is 1. The number of furan rings is 1. The van der Waals surface area contributed by atoms with E-state index in [1.807, 2.05) is 19.1 Å². The second kappa shape index (κ2) is 5.99. The number of piperidine rings is 1. The summed E-state index contributed by atoms with van der Waals surface area (Å²) in [7, 11) is 0. The third-order valence-corrected chi connectivity index (χ3v) is 4.69. The molecule has 0 saturated carbocycles. The first-order valence-corrected chi connectivity index (χ1v) is 8.00. The summed E-state index contributed by atoms with van der Waals surface area (Å²) in [4.78, 5) is 17.8. The Morgan fingerprint density at radius 2 is 2.43 bits per heavy atom. The van der Waals surface area contributed by atoms with E-state index in [0.29, 0.717) is 17.5 Å². The normalized spacial score (nSPS) is 22.2. The van der Waals surface area contributed by atoms with Crippen LogP contribution in [0.1, 0.15) is 35.1 Å². The Hall–Kier alpha value is -1.66. The maximum atomic E-state index is 12.4. The average Bonchev–Trinajstić information content (AvgIpc) is 3.07. The number of hydrogen-bond acceptors (Lipinski definition) is 5. The van der Waals surface area contributed by atoms with E-state index in [9.17, 15) is 4.79 Å². The van der Waals surface area contributed by atoms with Gasteiger partial charge < -0.3 is 15.1 Å². The second-order valence-electron chi connectivity index (χ2n) is 5.45. The van der Waals surface area contributed by atoms with Crippen LogP contribution in [0, 0.1) is 6.92 Å². The number of nitrogens with one attached hydrogen (secondary N) is 2. The molecule has 1 saturated heterocycles. The van der Waals surface area contributed by atoms with Crippen LogP contribution >= 0.6 is 11.3 Å². The number of carbonyl (C=O) groups is 1. The van der Waals surface area contributed by atoms with Crippen LogP contribution in [0.4, 0.5) is 0 Å². The van der Waals surface area contributed by atoms with Gasteiger partial charge in [-0.05, 0) is 45.4 Å². The van der Waals surface area contributed by atoms with E-state index in [0.717, 1.165) is 29.3 Å². The highest BCUT2D eigenvalue weighted by Gasteiger charge is 2.23. The van der Waals surface area contributed by atoms with Crippen molar-refractivity contribution < 1.29 is 9.21 Å². The summed E-state index contributed by atoms with van der Waals surface area (Å²) in [6, 6.07) is 4.35. The minimum absolute atomic E-state index is 0.0827. The van der Waals surface area contributed by atoms with E-state index in [-0.39, 0.29) is 11.9 Å². The van der Waals surface area contributed by atoms with Crippen LogP contribution in [-0.2, 0) is 0 Å². The van der Waals surface area contributed by atoms with Gasteiger partial charge in [0.2, 0.25) is 0 Å². The first kappa shape index (κ1) is 14.3. The monoisotopic (exact) mass is 305 g/mol. The molecule has 0 aliphatic carbocycles. The van der Waals surface area contributed by atoms with Crippen LogP contribution in [0.25, 0.3) is 10.8 Å². The number of amides is 1. The molecule has 1 aliphatic heterocycles. The number of aryl methyl sites for hydroxylation is 1. The topological polar surface area (TPSA) is 67.2 Å². The molecule has 1 aliphatic rings. The van der Waals surface area contributed by atoms with Crippen LogP contribution in [0.15, 0.2) is 22.8 Å². The zero-order chi connectivity index (χ0) is 14.8. The summed E-state index contributed by atoms with van der Waals surface area (Å²) in [6.07, 6.45) is 3.53. The number of aromatic nitrogens is 1. The van der Waals surface area contributed by atoms with Crippen molar-refractivity contribution in [3.05, 3.63) is 29.0 Å². The highest BCUT2D eigenvalue weighted by atomic mass is 32.1. The van der Waals surface area contributed by atoms with Crippen molar-refractivity contribution >= 4 is 17.2 Å². The van der Waals surface area contributed by atoms with E-state index < -0.39 is 0 Å². The molecule has 3 heterocycles. The van der Waals surface area contributed by atoms with Crippen LogP contribution in [0.3, 0.4) is 0 Å². The Bertz CT molecular complexity index is 621. The number of nitrogens with zero attached hydrogens (tertiary/aromatic N) is 1. The van der Waals surface area contributed by atoms with Gasteiger partial charge in [0, 0.05) is 17.0 Å². The van der Waals surface area contributed by atoms with Crippen molar-refractivity contribution in [1.82, 2.24) is 15.6 Å². The Balaban J connectivity index is 1.73. The molecule has 0 aromatic carbocycles. The lowest BCUT2D eigenvalue weighted by Gasteiger charge is -2.28. The Labute approximate surface area is 127 Å². The third kappa shape index (κ3) is 3.16. The predicted molar refractivity (Wildman–Crippen MR) is 82.5 cm³/mol. The standard InChI is InChI=1S/C15H19N3O2S/c1-9-8-11(5-6-16-9)17-14(19)13-10(2)21-15(18-13)12-4-3-7-20-12/h3-4,7,9,11,16H,5-6,8H2,1-2H3,(H,17,19). The molecular weight excluding hydrogens is 286 g/mol. The molecule has 0 bridgehead atoms. The van der Waals surface area contributed by atoms with Gasteiger partial charge in [-0.1, -0.05) is 0 Å². The number of thiazole rings is 1. The Kier molecular flexibility index (Phi) is 4.07. The lowest BCUT2D eigenvalue weighted by molar-refractivity contribution is 0.0921. The summed E-state index contributed by atoms with van der Waals surface area (Å²) in [5.41, 5.74) is 0.512. The van der Waals surface area contributed by atoms with E-state index in [2.05, 4.69) is 22.5 Å². The minimum Gasteiger partial charge on any atom is -0.462 e. The van der Waals surface area contributed by atoms with Crippen molar-refractivity contribution in [2.45, 2.75) is 38.8 Å². The van der Waals surface area contributed by atoms with Gasteiger partial charge in [0.05, 0.1) is 6.26 Å². The van der Waals surface area contributed by atoms with Gasteiger partial charge in [-0.2, -0.15) is 0 Å². The van der Waals surface area contributed by atoms with Crippen LogP contribution < -0.4 is 10.6 Å². The fraction of sp³-hybridized carbons (Fsp3) is 0.467. The molecule has 2 atom stereocenters. The van der Waals surface area contributed by atoms with Crippen LogP contribution in [-0.4, -0.2) is 29.5 Å². The summed E-state index contributed by atoms with van der Waals surface area (Å²) < 4.78 is 5.34. The molecule has 21 heavy (non-hydrogen) atoms. The zero-order valence-corrected chi connectivity index (χ0v) is 13.0. The average molecular weight is 305 g/mol. The van der Waals surface area contributed by atoms with Gasteiger partial charge in [-0.3, -0.25) is 4.79 Å². The lowest BCUT2D eigenvalue weighted by Crippen LogP contribution is -2.46. The predicted octanol–water partition coefficient (Wildman–Crippen LogP) is 2.58. The maximum Gasteiger partial charge on any atom is 0.271 e. The molecule has 2 unspecified atom stereocenters. The molecular formula is C15H19N3O2S. The highest BCUT2D eigenvalue weighted by Crippen LogP contribution is 2.28. The van der Waals surface area contributed by atoms with Gasteiger partial charge in [0.15, 0.2) is 10.8 Å². The van der Waals surface area contributed by atoms with Crippen molar-refractivity contribution in [3.8, 4) is 10.8 Å². The molecule has 2 aromatic rings. The molecule has 2 N–H and O–H groups in total. The molecule has 1 fully saturated rings. The first-order chi connectivity index (χ1) is 10.1. The third-order valence-electron chi connectivity index (χ3n) is 3.70. The fourth-order valence-corrected chi connectivity index (χ4v) is 3.51. The van der Waals surface area contributed by atoms with E-state index >= 15 is 0 Å². The maximum absolute atomic E-state index is 12.4. The largest absolute Gasteiger partial charge is 0.462 e. The zero-order valence-electron chi connectivity index (χ0n) is 12.2. The highest BCUT2D eigenvalue weighted by molar-refractivity contribution is 7.15. The summed E-state index contributed by atoms with van der Waals surface area (Å²) in [5.74, 6) is 0.623. The summed E-state index contributed by atoms with van der Waals surface area (Å²) in [5, 5.41) is 7.23. The minimum atomic E-state index is -0.0827. The number of rotatable bonds is 3. The van der Waals surface area contributed by atoms with Crippen LogP contribution in [0.2, 0.25) is 0 Å². The smallest absolute Gasteiger partial charge is 0.271 e. The Morgan fingerprint density at radius 1 is 1.57 bits per heavy atom. The van der Waals surface area contributed by atoms with Crippen LogP contribution in [0.5, 0.6) is 0 Å². The summed E-state index contributed by atoms with van der Waals surface area (Å²) in [6.45, 7) is 5.01. The van der Waals surface area contributed by atoms with Crippen molar-refractivity contribution in [3.63, 3.8) is 0 Å². The van der Waals surface area contributed by atoms with E-state index in [1.54, 1.807) is 6.26 Å². The first-order valence-electron chi connectivity index (χ1n) is 7.19. The summed E-state index contributed by atoms with van der Waals surface area (Å²) >= 11 is 1.48. The molecule has 0 radical (unpaired) electrons. The molecule has 1 amide bonds. The SMILES string of the molecule is Cc1sc(-c2ccco2)nc1C(=O)NC1CCNC(C)C1. The van der Waals surface area contributed by atoms with Crippen molar-refractivity contribution in [2.75, 3.05) is 6.54 Å². The molecule has 0 spiro atoms. The van der Waals surface area contributed by atoms with Crippen molar-refractivity contribution in [1.29, 1.82) is 0 Å². The molecule has 3 rings (SSSR count). The number of hydrogen-bond donors (Lipinski definition) is 2. The quantitative estimate of drug-likeness (QED) is 0.914. The van der Waals surface area contributed by atoms with Gasteiger partial charge in [-0.15, -0.1) is 11.3 Å².